The summed E-state index contributed by atoms with van der Waals surface area (Å²) in [6.07, 6.45) is 11.4. The summed E-state index contributed by atoms with van der Waals surface area (Å²) in [4.78, 5) is 20.9. The van der Waals surface area contributed by atoms with E-state index in [1.165, 1.54) is 8.87 Å². The number of aliphatic carboxylic acids is 2. The van der Waals surface area contributed by atoms with Crippen molar-refractivity contribution in [1.82, 2.24) is 0 Å². The molecule has 0 rings (SSSR count). The van der Waals surface area contributed by atoms with Crippen LogP contribution in [0.25, 0.3) is 0 Å². The van der Waals surface area contributed by atoms with Gasteiger partial charge in [0.1, 0.15) is 0 Å². The molecule has 0 aromatic carbocycles. The SMILES string of the molecule is C=C[CH2][Sn][CH2]C=C.CCCCC(CC)C(=O)O.CCCCC(CC)C(=O)O. The standard InChI is InChI=1S/2C8H16O2.2C3H5.Sn/c2*1-3-5-6-7(4-2)8(9)10;2*1-3-2;/h2*7H,3-6H2,1-2H3,(H,9,10);2*3H,1-2H2;. The molecule has 2 unspecified atom stereocenters. The van der Waals surface area contributed by atoms with Gasteiger partial charge in [0.15, 0.2) is 0 Å². The number of allylic oxidation sites excluding steroid dienone is 2. The molecule has 0 fully saturated rings. The Morgan fingerprint density at radius 2 is 1.15 bits per heavy atom. The van der Waals surface area contributed by atoms with Gasteiger partial charge in [0, 0.05) is 0 Å². The predicted molar refractivity (Wildman–Crippen MR) is 118 cm³/mol. The van der Waals surface area contributed by atoms with Gasteiger partial charge < -0.3 is 10.2 Å². The topological polar surface area (TPSA) is 74.6 Å². The zero-order chi connectivity index (χ0) is 21.5. The average Bonchev–Trinajstić information content (AvgIpc) is 2.64. The minimum Gasteiger partial charge on any atom is -0.481 e. The van der Waals surface area contributed by atoms with Crippen LogP contribution in [0, 0.1) is 11.8 Å². The molecular weight excluding hydrogens is 447 g/mol. The van der Waals surface area contributed by atoms with Crippen molar-refractivity contribution in [2.45, 2.75) is 87.9 Å². The van der Waals surface area contributed by atoms with Gasteiger partial charge in [-0.15, -0.1) is 0 Å². The molecule has 158 valence electrons. The van der Waals surface area contributed by atoms with E-state index >= 15 is 0 Å². The molecule has 0 aromatic heterocycles. The monoisotopic (exact) mass is 490 g/mol. The van der Waals surface area contributed by atoms with Gasteiger partial charge in [-0.1, -0.05) is 53.4 Å². The van der Waals surface area contributed by atoms with E-state index in [0.717, 1.165) is 51.4 Å². The summed E-state index contributed by atoms with van der Waals surface area (Å²) in [5, 5.41) is 17.2. The van der Waals surface area contributed by atoms with Crippen molar-refractivity contribution < 1.29 is 19.8 Å². The molecule has 0 aromatic rings. The number of rotatable bonds is 14. The molecule has 2 atom stereocenters. The normalized spacial score (nSPS) is 11.7. The quantitative estimate of drug-likeness (QED) is 0.167. The molecule has 0 aliphatic heterocycles. The summed E-state index contributed by atoms with van der Waals surface area (Å²) in [6, 6.07) is 0. The van der Waals surface area contributed by atoms with Crippen molar-refractivity contribution in [2.24, 2.45) is 11.8 Å². The molecule has 5 heteroatoms. The average molecular weight is 489 g/mol. The van der Waals surface area contributed by atoms with Crippen LogP contribution in [0.2, 0.25) is 8.87 Å². The Kier molecular flexibility index (Phi) is 28.9. The van der Waals surface area contributed by atoms with Gasteiger partial charge in [-0.3, -0.25) is 9.59 Å². The van der Waals surface area contributed by atoms with E-state index in [4.69, 9.17) is 10.2 Å². The van der Waals surface area contributed by atoms with Gasteiger partial charge in [0.05, 0.1) is 11.8 Å². The third kappa shape index (κ3) is 25.2. The van der Waals surface area contributed by atoms with Crippen LogP contribution in [0.15, 0.2) is 25.3 Å². The second-order valence-corrected chi connectivity index (χ2v) is 10.2. The molecule has 4 nitrogen and oxygen atoms in total. The van der Waals surface area contributed by atoms with Crippen LogP contribution in [-0.2, 0) is 9.59 Å². The van der Waals surface area contributed by atoms with Gasteiger partial charge in [-0.05, 0) is 25.7 Å². The van der Waals surface area contributed by atoms with Crippen LogP contribution in [0.1, 0.15) is 79.1 Å². The van der Waals surface area contributed by atoms with Crippen LogP contribution < -0.4 is 0 Å². The predicted octanol–water partition coefficient (Wildman–Crippen LogP) is 6.47. The van der Waals surface area contributed by atoms with Gasteiger partial charge in [-0.25, -0.2) is 0 Å². The van der Waals surface area contributed by atoms with Crippen LogP contribution in [-0.4, -0.2) is 43.3 Å². The first kappa shape index (κ1) is 30.9. The fourth-order valence-electron chi connectivity index (χ4n) is 2.19. The van der Waals surface area contributed by atoms with Crippen LogP contribution in [0.5, 0.6) is 0 Å². The van der Waals surface area contributed by atoms with Gasteiger partial charge >= 0.3 is 67.3 Å². The fraction of sp³-hybridized carbons (Fsp3) is 0.727. The number of carbonyl (C=O) groups is 2. The summed E-state index contributed by atoms with van der Waals surface area (Å²) in [6.45, 7) is 15.3. The van der Waals surface area contributed by atoms with Crippen LogP contribution in [0.3, 0.4) is 0 Å². The summed E-state index contributed by atoms with van der Waals surface area (Å²) in [5.74, 6) is -1.51. The van der Waals surface area contributed by atoms with Crippen molar-refractivity contribution in [3.8, 4) is 0 Å². The van der Waals surface area contributed by atoms with Gasteiger partial charge in [0.25, 0.3) is 0 Å². The third-order valence-corrected chi connectivity index (χ3v) is 7.37. The summed E-state index contributed by atoms with van der Waals surface area (Å²) in [5.41, 5.74) is 0. The molecule has 2 N–H and O–H groups in total. The Bertz CT molecular complexity index is 335. The summed E-state index contributed by atoms with van der Waals surface area (Å²) < 4.78 is 2.57. The molecule has 0 aliphatic carbocycles. The second-order valence-electron chi connectivity index (χ2n) is 6.41. The Balaban J connectivity index is -0.000000326. The molecule has 0 amide bonds. The Hall–Kier alpha value is -0.781. The number of hydrogen-bond donors (Lipinski definition) is 2. The second kappa shape index (κ2) is 25.2. The third-order valence-electron chi connectivity index (χ3n) is 4.07. The molecule has 0 saturated heterocycles. The molecular formula is C22H42O4Sn. The Morgan fingerprint density at radius 1 is 0.815 bits per heavy atom. The van der Waals surface area contributed by atoms with E-state index in [1.807, 2.05) is 26.0 Å². The van der Waals surface area contributed by atoms with Gasteiger partial charge in [0.2, 0.25) is 0 Å². The smallest absolute Gasteiger partial charge is 0.306 e. The Labute approximate surface area is 177 Å². The van der Waals surface area contributed by atoms with Crippen LogP contribution in [0.4, 0.5) is 0 Å². The first-order chi connectivity index (χ1) is 12.9. The van der Waals surface area contributed by atoms with Crippen molar-refractivity contribution in [3.05, 3.63) is 25.3 Å². The molecule has 2 radical (unpaired) electrons. The first-order valence-electron chi connectivity index (χ1n) is 10.2. The van der Waals surface area contributed by atoms with Crippen molar-refractivity contribution in [3.63, 3.8) is 0 Å². The largest absolute Gasteiger partial charge is 0.481 e. The molecule has 0 aliphatic rings. The fourth-order valence-corrected chi connectivity index (χ4v) is 3.83. The first-order valence-corrected chi connectivity index (χ1v) is 14.3. The van der Waals surface area contributed by atoms with Gasteiger partial charge in [-0.2, -0.15) is 0 Å². The van der Waals surface area contributed by atoms with Crippen LogP contribution >= 0.6 is 0 Å². The number of carboxylic acid groups (broad SMARTS) is 2. The maximum atomic E-state index is 10.4. The number of carboxylic acids is 2. The van der Waals surface area contributed by atoms with E-state index in [1.54, 1.807) is 0 Å². The molecule has 0 spiro atoms. The minimum absolute atomic E-state index is 0.0547. The van der Waals surface area contributed by atoms with Crippen molar-refractivity contribution in [1.29, 1.82) is 0 Å². The number of unbranched alkanes of at least 4 members (excludes halogenated alkanes) is 2. The van der Waals surface area contributed by atoms with E-state index < -0.39 is 11.9 Å². The molecule has 0 heterocycles. The number of hydrogen-bond acceptors (Lipinski definition) is 2. The minimum atomic E-state index is -0.643. The maximum absolute atomic E-state index is 10.4. The van der Waals surface area contributed by atoms with E-state index in [-0.39, 0.29) is 33.0 Å². The van der Waals surface area contributed by atoms with E-state index in [2.05, 4.69) is 27.0 Å². The summed E-state index contributed by atoms with van der Waals surface area (Å²) >= 11 is -0.0547. The molecule has 0 saturated carbocycles. The summed E-state index contributed by atoms with van der Waals surface area (Å²) in [7, 11) is 0. The van der Waals surface area contributed by atoms with Crippen molar-refractivity contribution >= 4 is 33.1 Å². The zero-order valence-corrected chi connectivity index (χ0v) is 20.9. The van der Waals surface area contributed by atoms with Crippen molar-refractivity contribution in [2.75, 3.05) is 0 Å². The zero-order valence-electron chi connectivity index (χ0n) is 18.0. The Morgan fingerprint density at radius 3 is 1.33 bits per heavy atom. The maximum Gasteiger partial charge on any atom is 0.306 e. The molecule has 0 bridgehead atoms. The van der Waals surface area contributed by atoms with E-state index in [0.29, 0.717) is 0 Å². The molecule has 27 heavy (non-hydrogen) atoms. The van der Waals surface area contributed by atoms with E-state index in [9.17, 15) is 9.59 Å².